The molecule has 0 aliphatic carbocycles. The summed E-state index contributed by atoms with van der Waals surface area (Å²) in [6.45, 7) is 3.25. The number of rotatable bonds is 3. The van der Waals surface area contributed by atoms with Crippen LogP contribution >= 0.6 is 0 Å². The summed E-state index contributed by atoms with van der Waals surface area (Å²) in [5, 5.41) is 3.13. The summed E-state index contributed by atoms with van der Waals surface area (Å²) in [6, 6.07) is -0.240. The van der Waals surface area contributed by atoms with E-state index in [2.05, 4.69) is 5.32 Å². The minimum Gasteiger partial charge on any atom is -0.466 e. The van der Waals surface area contributed by atoms with Crippen LogP contribution in [0.2, 0.25) is 0 Å². The normalized spacial score (nSPS) is 28.4. The molecule has 13 heavy (non-hydrogen) atoms. The van der Waals surface area contributed by atoms with Crippen LogP contribution < -0.4 is 5.32 Å². The fraction of sp³-hybridized carbons (Fsp3) is 0.875. The van der Waals surface area contributed by atoms with E-state index in [4.69, 9.17) is 17.3 Å². The number of ether oxygens (including phenoxy) is 2. The first-order valence-electron chi connectivity index (χ1n) is 4.43. The molecule has 1 fully saturated rings. The summed E-state index contributed by atoms with van der Waals surface area (Å²) in [6.07, 6.45) is 0.753. The topological polar surface area (TPSA) is 47.6 Å². The summed E-state index contributed by atoms with van der Waals surface area (Å²) in [4.78, 5) is 10.4. The molecule has 2 unspecified atom stereocenters. The Morgan fingerprint density at radius 2 is 2.46 bits per heavy atom. The molecular formula is C8H14BNO3. The zero-order valence-electron chi connectivity index (χ0n) is 7.79. The summed E-state index contributed by atoms with van der Waals surface area (Å²) in [5.41, 5.74) is 0. The third-order valence-corrected chi connectivity index (χ3v) is 1.83. The van der Waals surface area contributed by atoms with Crippen molar-refractivity contribution in [3.8, 4) is 0 Å². The van der Waals surface area contributed by atoms with Gasteiger partial charge in [0, 0.05) is 32.4 Å². The first-order valence-corrected chi connectivity index (χ1v) is 4.43. The van der Waals surface area contributed by atoms with Gasteiger partial charge in [0.1, 0.15) is 7.85 Å². The van der Waals surface area contributed by atoms with Crippen molar-refractivity contribution in [2.45, 2.75) is 25.5 Å². The highest BCUT2D eigenvalue weighted by atomic mass is 16.5. The fourth-order valence-corrected chi connectivity index (χ4v) is 1.23. The molecule has 0 bridgehead atoms. The minimum absolute atomic E-state index is 0.0584. The van der Waals surface area contributed by atoms with E-state index in [0.29, 0.717) is 19.6 Å². The lowest BCUT2D eigenvalue weighted by Gasteiger charge is -2.28. The van der Waals surface area contributed by atoms with Gasteiger partial charge in [-0.25, -0.2) is 0 Å². The molecular weight excluding hydrogens is 169 g/mol. The molecule has 2 radical (unpaired) electrons. The SMILES string of the molecule is [B]C1CNCC(CCOC(C)=O)O1. The predicted octanol–water partition coefficient (Wildman–Crippen LogP) is -0.577. The van der Waals surface area contributed by atoms with Gasteiger partial charge in [-0.15, -0.1) is 0 Å². The zero-order chi connectivity index (χ0) is 9.68. The van der Waals surface area contributed by atoms with Crippen LogP contribution in [-0.4, -0.2) is 45.6 Å². The average Bonchev–Trinajstić information content (AvgIpc) is 2.03. The molecule has 1 N–H and O–H groups in total. The summed E-state index contributed by atoms with van der Waals surface area (Å²) in [5.74, 6) is -0.256. The van der Waals surface area contributed by atoms with Crippen LogP contribution in [0.15, 0.2) is 0 Å². The molecule has 0 aromatic rings. The number of morpholine rings is 1. The molecule has 0 aromatic heterocycles. The van der Waals surface area contributed by atoms with Crippen LogP contribution in [-0.2, 0) is 14.3 Å². The molecule has 72 valence electrons. The Kier molecular flexibility index (Phi) is 4.25. The zero-order valence-corrected chi connectivity index (χ0v) is 7.79. The van der Waals surface area contributed by atoms with Crippen molar-refractivity contribution in [3.05, 3.63) is 0 Å². The van der Waals surface area contributed by atoms with Crippen molar-refractivity contribution < 1.29 is 14.3 Å². The van der Waals surface area contributed by atoms with Gasteiger partial charge in [-0.3, -0.25) is 4.79 Å². The summed E-state index contributed by atoms with van der Waals surface area (Å²) in [7, 11) is 5.56. The molecule has 0 amide bonds. The largest absolute Gasteiger partial charge is 0.466 e. The maximum atomic E-state index is 10.4. The lowest BCUT2D eigenvalue weighted by molar-refractivity contribution is -0.142. The van der Waals surface area contributed by atoms with Crippen molar-refractivity contribution in [1.82, 2.24) is 5.32 Å². The molecule has 5 heteroatoms. The first kappa shape index (κ1) is 10.5. The first-order chi connectivity index (χ1) is 6.18. The highest BCUT2D eigenvalue weighted by molar-refractivity contribution is 6.11. The van der Waals surface area contributed by atoms with Crippen LogP contribution in [0.5, 0.6) is 0 Å². The van der Waals surface area contributed by atoms with E-state index in [9.17, 15) is 4.79 Å². The number of esters is 1. The second kappa shape index (κ2) is 5.24. The van der Waals surface area contributed by atoms with E-state index in [1.54, 1.807) is 0 Å². The van der Waals surface area contributed by atoms with Gasteiger partial charge in [0.2, 0.25) is 0 Å². The van der Waals surface area contributed by atoms with Crippen molar-refractivity contribution in [2.75, 3.05) is 19.7 Å². The van der Waals surface area contributed by atoms with E-state index >= 15 is 0 Å². The van der Waals surface area contributed by atoms with Crippen LogP contribution in [0.1, 0.15) is 13.3 Å². The standard InChI is InChI=1S/C8H14BNO3/c1-6(11)12-3-2-7-4-10-5-8(9)13-7/h7-8,10H,2-5H2,1H3. The molecule has 1 aliphatic rings. The Balaban J connectivity index is 2.10. The molecule has 0 saturated carbocycles. The van der Waals surface area contributed by atoms with Gasteiger partial charge in [-0.05, 0) is 0 Å². The molecule has 1 saturated heterocycles. The van der Waals surface area contributed by atoms with Gasteiger partial charge >= 0.3 is 5.97 Å². The van der Waals surface area contributed by atoms with E-state index < -0.39 is 0 Å². The third kappa shape index (κ3) is 4.29. The number of nitrogens with one attached hydrogen (secondary N) is 1. The van der Waals surface area contributed by atoms with Gasteiger partial charge < -0.3 is 14.8 Å². The monoisotopic (exact) mass is 183 g/mol. The van der Waals surface area contributed by atoms with Crippen molar-refractivity contribution in [3.63, 3.8) is 0 Å². The molecule has 4 nitrogen and oxygen atoms in total. The van der Waals surface area contributed by atoms with E-state index in [-0.39, 0.29) is 18.1 Å². The lowest BCUT2D eigenvalue weighted by Crippen LogP contribution is -2.45. The summed E-state index contributed by atoms with van der Waals surface area (Å²) < 4.78 is 10.2. The highest BCUT2D eigenvalue weighted by Gasteiger charge is 2.17. The Hall–Kier alpha value is -0.545. The minimum atomic E-state index is -0.256. The van der Waals surface area contributed by atoms with E-state index in [1.165, 1.54) is 6.92 Å². The van der Waals surface area contributed by atoms with E-state index in [0.717, 1.165) is 6.54 Å². The molecule has 1 rings (SSSR count). The van der Waals surface area contributed by atoms with Gasteiger partial charge in [0.25, 0.3) is 0 Å². The Morgan fingerprint density at radius 1 is 1.69 bits per heavy atom. The molecule has 1 heterocycles. The molecule has 0 spiro atoms. The van der Waals surface area contributed by atoms with Gasteiger partial charge in [-0.1, -0.05) is 0 Å². The predicted molar refractivity (Wildman–Crippen MR) is 48.5 cm³/mol. The Labute approximate surface area is 79.4 Å². The van der Waals surface area contributed by atoms with Crippen LogP contribution in [0.4, 0.5) is 0 Å². The number of hydrogen-bond donors (Lipinski definition) is 1. The number of carbonyl (C=O) groups excluding carboxylic acids is 1. The van der Waals surface area contributed by atoms with Gasteiger partial charge in [-0.2, -0.15) is 0 Å². The Morgan fingerprint density at radius 3 is 3.08 bits per heavy atom. The maximum absolute atomic E-state index is 10.4. The lowest BCUT2D eigenvalue weighted by atomic mass is 9.98. The Bertz CT molecular complexity index is 177. The highest BCUT2D eigenvalue weighted by Crippen LogP contribution is 2.05. The average molecular weight is 183 g/mol. The number of carbonyl (C=O) groups is 1. The molecule has 0 aromatic carbocycles. The molecule has 1 aliphatic heterocycles. The van der Waals surface area contributed by atoms with E-state index in [1.807, 2.05) is 0 Å². The quantitative estimate of drug-likeness (QED) is 0.469. The number of hydrogen-bond acceptors (Lipinski definition) is 4. The third-order valence-electron chi connectivity index (χ3n) is 1.83. The van der Waals surface area contributed by atoms with Gasteiger partial charge in [0.15, 0.2) is 0 Å². The maximum Gasteiger partial charge on any atom is 0.302 e. The molecule has 2 atom stereocenters. The van der Waals surface area contributed by atoms with Crippen molar-refractivity contribution in [2.24, 2.45) is 0 Å². The van der Waals surface area contributed by atoms with Crippen LogP contribution in [0.25, 0.3) is 0 Å². The fourth-order valence-electron chi connectivity index (χ4n) is 1.23. The second-order valence-corrected chi connectivity index (χ2v) is 3.08. The van der Waals surface area contributed by atoms with Gasteiger partial charge in [0.05, 0.1) is 12.7 Å². The smallest absolute Gasteiger partial charge is 0.302 e. The van der Waals surface area contributed by atoms with Crippen molar-refractivity contribution in [1.29, 1.82) is 0 Å². The van der Waals surface area contributed by atoms with Crippen molar-refractivity contribution >= 4 is 13.8 Å². The summed E-state index contributed by atoms with van der Waals surface area (Å²) >= 11 is 0. The van der Waals surface area contributed by atoms with Crippen LogP contribution in [0, 0.1) is 0 Å². The second-order valence-electron chi connectivity index (χ2n) is 3.08. The van der Waals surface area contributed by atoms with Crippen LogP contribution in [0.3, 0.4) is 0 Å².